The maximum atomic E-state index is 14.6. The van der Waals surface area contributed by atoms with Crippen LogP contribution in [0.25, 0.3) is 0 Å². The summed E-state index contributed by atoms with van der Waals surface area (Å²) in [5.74, 6) is -0.843. The zero-order valence-corrected chi connectivity index (χ0v) is 15.5. The summed E-state index contributed by atoms with van der Waals surface area (Å²) < 4.78 is 19.4. The first-order valence-electron chi connectivity index (χ1n) is 8.27. The number of H-pyrrole nitrogens is 1. The number of ether oxygens (including phenoxy) is 1. The van der Waals surface area contributed by atoms with E-state index >= 15 is 0 Å². The van der Waals surface area contributed by atoms with Crippen molar-refractivity contribution < 1.29 is 19.3 Å². The van der Waals surface area contributed by atoms with Crippen LogP contribution in [0.3, 0.4) is 0 Å². The van der Waals surface area contributed by atoms with Gasteiger partial charge in [-0.05, 0) is 12.1 Å². The van der Waals surface area contributed by atoms with Gasteiger partial charge in [-0.3, -0.25) is 0 Å². The van der Waals surface area contributed by atoms with Gasteiger partial charge in [-0.2, -0.15) is 0 Å². The first-order valence-corrected chi connectivity index (χ1v) is 10.0. The van der Waals surface area contributed by atoms with Crippen LogP contribution in [0.4, 0.5) is 0 Å². The molecule has 27 heavy (non-hydrogen) atoms. The first kappa shape index (κ1) is 18.7. The van der Waals surface area contributed by atoms with Crippen molar-refractivity contribution >= 4 is 29.4 Å². The van der Waals surface area contributed by atoms with Crippen LogP contribution in [0.15, 0.2) is 84.1 Å². The predicted octanol–water partition coefficient (Wildman–Crippen LogP) is 3.07. The van der Waals surface area contributed by atoms with Gasteiger partial charge in [0.15, 0.2) is 12.9 Å². The van der Waals surface area contributed by atoms with E-state index in [4.69, 9.17) is 4.74 Å². The highest BCUT2D eigenvalue weighted by molar-refractivity contribution is 7.79. The Labute approximate surface area is 156 Å². The molecule has 138 valence electrons. The van der Waals surface area contributed by atoms with E-state index in [9.17, 15) is 14.6 Å². The molecule has 3 rings (SSSR count). The molecule has 0 aliphatic carbocycles. The van der Waals surface area contributed by atoms with E-state index in [1.807, 2.05) is 12.1 Å². The van der Waals surface area contributed by atoms with Gasteiger partial charge >= 0.3 is 5.97 Å². The third kappa shape index (κ3) is 3.44. The van der Waals surface area contributed by atoms with E-state index in [1.165, 1.54) is 7.11 Å². The van der Waals surface area contributed by atoms with E-state index in [-0.39, 0.29) is 5.71 Å². The summed E-state index contributed by atoms with van der Waals surface area (Å²) in [7, 11) is -2.30. The summed E-state index contributed by atoms with van der Waals surface area (Å²) in [4.78, 5) is 15.3. The van der Waals surface area contributed by atoms with Gasteiger partial charge in [-0.15, -0.1) is 0 Å². The Morgan fingerprint density at radius 1 is 1.00 bits per heavy atom. The Morgan fingerprint density at radius 2 is 1.56 bits per heavy atom. The molecule has 0 fully saturated rings. The van der Waals surface area contributed by atoms with Crippen LogP contribution < -0.4 is 10.6 Å². The fraction of sp³-hybridized carbons (Fsp3) is 0.100. The fourth-order valence-corrected chi connectivity index (χ4v) is 6.27. The van der Waals surface area contributed by atoms with Gasteiger partial charge in [0.2, 0.25) is 0 Å². The van der Waals surface area contributed by atoms with Crippen LogP contribution in [-0.4, -0.2) is 29.0 Å². The summed E-state index contributed by atoms with van der Waals surface area (Å²) in [5.41, 5.74) is -0.866. The molecule has 0 spiro atoms. The third-order valence-corrected chi connectivity index (χ3v) is 7.70. The van der Waals surface area contributed by atoms with Gasteiger partial charge in [-0.25, -0.2) is 4.79 Å². The minimum absolute atomic E-state index is 0.323. The zero-order valence-electron chi connectivity index (χ0n) is 14.6. The van der Waals surface area contributed by atoms with E-state index in [0.29, 0.717) is 16.3 Å². The number of hydrogen-bond donors (Lipinski definition) is 2. The molecule has 1 atom stereocenters. The highest BCUT2D eigenvalue weighted by Crippen LogP contribution is 2.57. The van der Waals surface area contributed by atoms with E-state index in [0.717, 1.165) is 0 Å². The summed E-state index contributed by atoms with van der Waals surface area (Å²) in [5, 5.41) is 13.9. The molecule has 0 saturated heterocycles. The van der Waals surface area contributed by atoms with E-state index in [1.54, 1.807) is 66.9 Å². The number of aromatic nitrogens is 1. The molecule has 0 bridgehead atoms. The maximum absolute atomic E-state index is 14.6. The standard InChI is InChI=1S/C20H19N2O4P/c1-26-20(23)18(22-24)19(17-13-8-14-21-17)27(25,15-9-4-2-5-10-15)16-11-6-3-7-12-16/h2-14,19,21,24H,1H3/b22-18-. The summed E-state index contributed by atoms with van der Waals surface area (Å²) >= 11 is 0. The van der Waals surface area contributed by atoms with Crippen LogP contribution in [0.2, 0.25) is 0 Å². The lowest BCUT2D eigenvalue weighted by molar-refractivity contribution is -0.133. The number of carbonyl (C=O) groups excluding carboxylic acids is 1. The van der Waals surface area contributed by atoms with Crippen LogP contribution in [0.1, 0.15) is 11.4 Å². The number of nitrogens with one attached hydrogen (secondary N) is 1. The second-order valence-electron chi connectivity index (χ2n) is 5.83. The number of aromatic amines is 1. The lowest BCUT2D eigenvalue weighted by Gasteiger charge is -2.28. The number of nitrogens with zero attached hydrogens (tertiary/aromatic N) is 1. The van der Waals surface area contributed by atoms with Gasteiger partial charge in [0.05, 0.1) is 7.11 Å². The SMILES string of the molecule is COC(=O)/C(=N\O)C(c1ccc[nH]1)P(=O)(c1ccccc1)c1ccccc1. The molecule has 2 N–H and O–H groups in total. The smallest absolute Gasteiger partial charge is 0.357 e. The van der Waals surface area contributed by atoms with Crippen molar-refractivity contribution in [2.45, 2.75) is 5.66 Å². The quantitative estimate of drug-likeness (QED) is 0.225. The Hall–Kier alpha value is -3.11. The van der Waals surface area contributed by atoms with Crippen molar-refractivity contribution in [3.05, 3.63) is 84.7 Å². The second kappa shape index (κ2) is 8.06. The van der Waals surface area contributed by atoms with Crippen LogP contribution in [-0.2, 0) is 14.1 Å². The molecule has 0 aliphatic rings. The molecule has 1 heterocycles. The molecular weight excluding hydrogens is 363 g/mol. The highest BCUT2D eigenvalue weighted by Gasteiger charge is 2.44. The molecule has 2 aromatic carbocycles. The highest BCUT2D eigenvalue weighted by atomic mass is 31.2. The topological polar surface area (TPSA) is 91.8 Å². The fourth-order valence-electron chi connectivity index (χ4n) is 3.09. The van der Waals surface area contributed by atoms with Gasteiger partial charge < -0.3 is 19.5 Å². The van der Waals surface area contributed by atoms with Gasteiger partial charge in [0, 0.05) is 22.5 Å². The van der Waals surface area contributed by atoms with Gasteiger partial charge in [0.1, 0.15) is 5.66 Å². The van der Waals surface area contributed by atoms with Gasteiger partial charge in [-0.1, -0.05) is 65.8 Å². The lowest BCUT2D eigenvalue weighted by Crippen LogP contribution is -2.31. The Morgan fingerprint density at radius 3 is 1.96 bits per heavy atom. The van der Waals surface area contributed by atoms with Crippen molar-refractivity contribution in [1.82, 2.24) is 4.98 Å². The lowest BCUT2D eigenvalue weighted by atomic mass is 10.2. The molecule has 1 unspecified atom stereocenters. The van der Waals surface area contributed by atoms with Crippen LogP contribution in [0.5, 0.6) is 0 Å². The minimum atomic E-state index is -3.49. The van der Waals surface area contributed by atoms with Crippen molar-refractivity contribution in [2.24, 2.45) is 5.16 Å². The molecule has 0 amide bonds. The number of carbonyl (C=O) groups is 1. The van der Waals surface area contributed by atoms with E-state index < -0.39 is 18.8 Å². The molecule has 3 aromatic rings. The average molecular weight is 382 g/mol. The van der Waals surface area contributed by atoms with E-state index in [2.05, 4.69) is 10.1 Å². The number of esters is 1. The Bertz CT molecular complexity index is 926. The Kier molecular flexibility index (Phi) is 5.57. The van der Waals surface area contributed by atoms with Crippen molar-refractivity contribution in [3.8, 4) is 0 Å². The number of methoxy groups -OCH3 is 1. The summed E-state index contributed by atoms with van der Waals surface area (Å²) in [6, 6.07) is 21.2. The third-order valence-electron chi connectivity index (χ3n) is 4.32. The number of benzene rings is 2. The monoisotopic (exact) mass is 382 g/mol. The van der Waals surface area contributed by atoms with Crippen molar-refractivity contribution in [2.75, 3.05) is 7.11 Å². The average Bonchev–Trinajstić information content (AvgIpc) is 3.26. The molecule has 0 radical (unpaired) electrons. The van der Waals surface area contributed by atoms with Crippen LogP contribution >= 0.6 is 7.14 Å². The molecular formula is C20H19N2O4P. The second-order valence-corrected chi connectivity index (χ2v) is 8.70. The normalized spacial score (nSPS) is 13.1. The number of rotatable bonds is 6. The maximum Gasteiger partial charge on any atom is 0.357 e. The predicted molar refractivity (Wildman–Crippen MR) is 105 cm³/mol. The summed E-state index contributed by atoms with van der Waals surface area (Å²) in [6.07, 6.45) is 1.66. The van der Waals surface area contributed by atoms with Crippen molar-refractivity contribution in [1.29, 1.82) is 0 Å². The Balaban J connectivity index is 2.33. The van der Waals surface area contributed by atoms with Gasteiger partial charge in [0.25, 0.3) is 0 Å². The molecule has 7 heteroatoms. The zero-order chi connectivity index (χ0) is 19.3. The largest absolute Gasteiger partial charge is 0.464 e. The first-order chi connectivity index (χ1) is 13.1. The number of oxime groups is 1. The van der Waals surface area contributed by atoms with Crippen molar-refractivity contribution in [3.63, 3.8) is 0 Å². The molecule has 6 nitrogen and oxygen atoms in total. The molecule has 1 aromatic heterocycles. The summed E-state index contributed by atoms with van der Waals surface area (Å²) in [6.45, 7) is 0. The minimum Gasteiger partial charge on any atom is -0.464 e. The van der Waals surface area contributed by atoms with Crippen LogP contribution in [0, 0.1) is 0 Å². The number of hydrogen-bond acceptors (Lipinski definition) is 5. The molecule has 0 aliphatic heterocycles. The molecule has 0 saturated carbocycles.